The molecule has 0 fully saturated rings. The van der Waals surface area contributed by atoms with Gasteiger partial charge in [-0.3, -0.25) is 4.79 Å². The highest BCUT2D eigenvalue weighted by Gasteiger charge is 2.18. The van der Waals surface area contributed by atoms with Crippen LogP contribution >= 0.6 is 23.2 Å². The summed E-state index contributed by atoms with van der Waals surface area (Å²) >= 11 is 12.0. The van der Waals surface area contributed by atoms with Crippen molar-refractivity contribution in [2.45, 2.75) is 0 Å². The van der Waals surface area contributed by atoms with Crippen LogP contribution in [0.3, 0.4) is 0 Å². The van der Waals surface area contributed by atoms with Crippen molar-refractivity contribution in [3.8, 4) is 5.69 Å². The molecule has 0 aliphatic rings. The van der Waals surface area contributed by atoms with E-state index in [1.165, 1.54) is 0 Å². The number of carbonyl (C=O) groups is 1. The average molecular weight is 317 g/mol. The minimum absolute atomic E-state index is 0.219. The minimum Gasteiger partial charge on any atom is -0.287 e. The normalized spacial score (nSPS) is 10.6. The highest BCUT2D eigenvalue weighted by molar-refractivity contribution is 6.36. The molecule has 0 unspecified atom stereocenters. The Bertz CT molecular complexity index is 797. The van der Waals surface area contributed by atoms with Gasteiger partial charge in [-0.1, -0.05) is 41.4 Å². The van der Waals surface area contributed by atoms with Crippen molar-refractivity contribution in [3.05, 3.63) is 82.1 Å². The van der Waals surface area contributed by atoms with E-state index in [1.807, 2.05) is 30.3 Å². The molecule has 0 radical (unpaired) electrons. The predicted octanol–water partition coefficient (Wildman–Crippen LogP) is 4.41. The Kier molecular flexibility index (Phi) is 3.78. The molecule has 0 aliphatic heterocycles. The number of aromatic nitrogens is 2. The van der Waals surface area contributed by atoms with Crippen molar-refractivity contribution in [1.82, 2.24) is 9.78 Å². The molecule has 21 heavy (non-hydrogen) atoms. The van der Waals surface area contributed by atoms with Gasteiger partial charge in [-0.25, -0.2) is 4.68 Å². The SMILES string of the molecule is O=C(c1cc(Cl)ccc1Cl)c1ccnn1-c1ccccc1. The van der Waals surface area contributed by atoms with E-state index in [2.05, 4.69) is 5.10 Å². The molecular weight excluding hydrogens is 307 g/mol. The molecule has 0 atom stereocenters. The fourth-order valence-corrected chi connectivity index (χ4v) is 2.44. The van der Waals surface area contributed by atoms with Crippen LogP contribution in [0.15, 0.2) is 60.8 Å². The summed E-state index contributed by atoms with van der Waals surface area (Å²) in [5.41, 5.74) is 1.61. The van der Waals surface area contributed by atoms with Crippen LogP contribution in [0.4, 0.5) is 0 Å². The summed E-state index contributed by atoms with van der Waals surface area (Å²) in [6, 6.07) is 15.9. The lowest BCUT2D eigenvalue weighted by Crippen LogP contribution is -2.10. The zero-order chi connectivity index (χ0) is 14.8. The lowest BCUT2D eigenvalue weighted by Gasteiger charge is -2.08. The Morgan fingerprint density at radius 3 is 2.52 bits per heavy atom. The Labute approximate surface area is 131 Å². The Morgan fingerprint density at radius 2 is 1.76 bits per heavy atom. The van der Waals surface area contributed by atoms with Crippen LogP contribution in [-0.2, 0) is 0 Å². The number of ketones is 1. The first-order valence-corrected chi connectivity index (χ1v) is 7.01. The summed E-state index contributed by atoms with van der Waals surface area (Å²) in [5, 5.41) is 5.04. The van der Waals surface area contributed by atoms with Crippen molar-refractivity contribution in [3.63, 3.8) is 0 Å². The average Bonchev–Trinajstić information content (AvgIpc) is 2.99. The topological polar surface area (TPSA) is 34.9 Å². The minimum atomic E-state index is -0.219. The zero-order valence-electron chi connectivity index (χ0n) is 10.8. The first kappa shape index (κ1) is 13.9. The van der Waals surface area contributed by atoms with Gasteiger partial charge >= 0.3 is 0 Å². The van der Waals surface area contributed by atoms with Gasteiger partial charge in [0.15, 0.2) is 0 Å². The van der Waals surface area contributed by atoms with Gasteiger partial charge in [0.05, 0.1) is 16.9 Å². The number of para-hydroxylation sites is 1. The molecule has 1 heterocycles. The van der Waals surface area contributed by atoms with Crippen molar-refractivity contribution < 1.29 is 4.79 Å². The molecule has 1 aromatic heterocycles. The van der Waals surface area contributed by atoms with E-state index < -0.39 is 0 Å². The van der Waals surface area contributed by atoms with E-state index in [-0.39, 0.29) is 5.78 Å². The third-order valence-electron chi connectivity index (χ3n) is 3.05. The third kappa shape index (κ3) is 2.71. The van der Waals surface area contributed by atoms with Crippen LogP contribution < -0.4 is 0 Å². The summed E-state index contributed by atoms with van der Waals surface area (Å²) in [5.74, 6) is -0.219. The standard InChI is InChI=1S/C16H10Cl2N2O/c17-11-6-7-14(18)13(10-11)16(21)15-8-9-19-20(15)12-4-2-1-3-5-12/h1-10H. The van der Waals surface area contributed by atoms with Crippen molar-refractivity contribution in [2.24, 2.45) is 0 Å². The highest BCUT2D eigenvalue weighted by Crippen LogP contribution is 2.24. The van der Waals surface area contributed by atoms with Gasteiger partial charge in [-0.15, -0.1) is 0 Å². The number of benzene rings is 2. The summed E-state index contributed by atoms with van der Waals surface area (Å²) in [7, 11) is 0. The number of hydrogen-bond donors (Lipinski definition) is 0. The van der Waals surface area contributed by atoms with E-state index >= 15 is 0 Å². The molecule has 0 N–H and O–H groups in total. The van der Waals surface area contributed by atoms with Crippen LogP contribution in [-0.4, -0.2) is 15.6 Å². The maximum atomic E-state index is 12.7. The van der Waals surface area contributed by atoms with E-state index in [0.29, 0.717) is 21.3 Å². The molecule has 3 rings (SSSR count). The van der Waals surface area contributed by atoms with Crippen LogP contribution in [0.5, 0.6) is 0 Å². The van der Waals surface area contributed by atoms with Crippen LogP contribution in [0.2, 0.25) is 10.0 Å². The van der Waals surface area contributed by atoms with E-state index in [0.717, 1.165) is 5.69 Å². The quantitative estimate of drug-likeness (QED) is 0.671. The van der Waals surface area contributed by atoms with E-state index in [4.69, 9.17) is 23.2 Å². The van der Waals surface area contributed by atoms with Gasteiger partial charge in [0.1, 0.15) is 5.69 Å². The molecule has 2 aromatic carbocycles. The fourth-order valence-electron chi connectivity index (χ4n) is 2.06. The molecule has 3 nitrogen and oxygen atoms in total. The first-order chi connectivity index (χ1) is 10.2. The lowest BCUT2D eigenvalue weighted by molar-refractivity contribution is 0.103. The second kappa shape index (κ2) is 5.72. The van der Waals surface area contributed by atoms with Crippen molar-refractivity contribution >= 4 is 29.0 Å². The summed E-state index contributed by atoms with van der Waals surface area (Å²) < 4.78 is 1.58. The largest absolute Gasteiger partial charge is 0.287 e. The first-order valence-electron chi connectivity index (χ1n) is 6.26. The number of nitrogens with zero attached hydrogens (tertiary/aromatic N) is 2. The van der Waals surface area contributed by atoms with Gasteiger partial charge in [-0.2, -0.15) is 5.10 Å². The molecule has 0 bridgehead atoms. The van der Waals surface area contributed by atoms with Gasteiger partial charge < -0.3 is 0 Å². The van der Waals surface area contributed by atoms with Gasteiger partial charge in [0.25, 0.3) is 0 Å². The van der Waals surface area contributed by atoms with Crippen molar-refractivity contribution in [2.75, 3.05) is 0 Å². The molecule has 0 saturated heterocycles. The van der Waals surface area contributed by atoms with Crippen LogP contribution in [0, 0.1) is 0 Å². The molecule has 3 aromatic rings. The number of rotatable bonds is 3. The summed E-state index contributed by atoms with van der Waals surface area (Å²) in [6.45, 7) is 0. The molecule has 0 amide bonds. The Balaban J connectivity index is 2.08. The second-order valence-corrected chi connectivity index (χ2v) is 5.26. The Morgan fingerprint density at radius 1 is 1.00 bits per heavy atom. The van der Waals surface area contributed by atoms with Crippen molar-refractivity contribution in [1.29, 1.82) is 0 Å². The maximum absolute atomic E-state index is 12.7. The van der Waals surface area contributed by atoms with Crippen LogP contribution in [0.1, 0.15) is 16.1 Å². The molecule has 0 aliphatic carbocycles. The number of halogens is 2. The third-order valence-corrected chi connectivity index (χ3v) is 3.61. The zero-order valence-corrected chi connectivity index (χ0v) is 12.3. The maximum Gasteiger partial charge on any atom is 0.213 e. The predicted molar refractivity (Wildman–Crippen MR) is 83.5 cm³/mol. The van der Waals surface area contributed by atoms with Gasteiger partial charge in [-0.05, 0) is 36.4 Å². The second-order valence-electron chi connectivity index (χ2n) is 4.42. The summed E-state index contributed by atoms with van der Waals surface area (Å²) in [4.78, 5) is 12.7. The lowest BCUT2D eigenvalue weighted by atomic mass is 10.1. The van der Waals surface area contributed by atoms with Gasteiger partial charge in [0.2, 0.25) is 5.78 Å². The van der Waals surface area contributed by atoms with E-state index in [9.17, 15) is 4.79 Å². The molecule has 104 valence electrons. The summed E-state index contributed by atoms with van der Waals surface area (Å²) in [6.07, 6.45) is 1.58. The molecule has 0 saturated carbocycles. The number of carbonyl (C=O) groups excluding carboxylic acids is 1. The van der Waals surface area contributed by atoms with Crippen LogP contribution in [0.25, 0.3) is 5.69 Å². The molecule has 5 heteroatoms. The van der Waals surface area contributed by atoms with E-state index in [1.54, 1.807) is 35.1 Å². The fraction of sp³-hybridized carbons (Fsp3) is 0. The smallest absolute Gasteiger partial charge is 0.213 e. The number of hydrogen-bond acceptors (Lipinski definition) is 2. The highest BCUT2D eigenvalue weighted by atomic mass is 35.5. The molecular formula is C16H10Cl2N2O. The van der Waals surface area contributed by atoms with Gasteiger partial charge in [0, 0.05) is 10.6 Å². The Hall–Kier alpha value is -2.10. The molecule has 0 spiro atoms. The monoisotopic (exact) mass is 316 g/mol.